The van der Waals surface area contributed by atoms with Gasteiger partial charge in [0.25, 0.3) is 5.91 Å². The van der Waals surface area contributed by atoms with Gasteiger partial charge in [0.05, 0.1) is 6.61 Å². The lowest BCUT2D eigenvalue weighted by atomic mass is 10.2. The van der Waals surface area contributed by atoms with Crippen molar-refractivity contribution in [3.63, 3.8) is 0 Å². The molecule has 0 saturated carbocycles. The molecular weight excluding hydrogens is 328 g/mol. The van der Waals surface area contributed by atoms with Crippen LogP contribution in [0.25, 0.3) is 10.9 Å². The van der Waals surface area contributed by atoms with Gasteiger partial charge < -0.3 is 19.5 Å². The first-order chi connectivity index (χ1) is 12.7. The molecule has 1 amide bonds. The van der Waals surface area contributed by atoms with Gasteiger partial charge in [0.2, 0.25) is 0 Å². The third kappa shape index (κ3) is 3.22. The van der Waals surface area contributed by atoms with Gasteiger partial charge in [0.1, 0.15) is 17.3 Å². The number of fused-ring (bicyclic) bond motifs is 1. The third-order valence-electron chi connectivity index (χ3n) is 4.68. The maximum atomic E-state index is 12.9. The normalized spacial score (nSPS) is 14.7. The van der Waals surface area contributed by atoms with E-state index in [1.165, 1.54) is 0 Å². The van der Waals surface area contributed by atoms with Crippen molar-refractivity contribution in [3.05, 3.63) is 54.4 Å². The van der Waals surface area contributed by atoms with Gasteiger partial charge in [-0.25, -0.2) is 4.98 Å². The van der Waals surface area contributed by atoms with Crippen LogP contribution in [0.3, 0.4) is 0 Å². The molecule has 26 heavy (non-hydrogen) atoms. The highest BCUT2D eigenvalue weighted by Gasteiger charge is 2.23. The first-order valence-electron chi connectivity index (χ1n) is 8.95. The Balaban J connectivity index is 1.45. The Morgan fingerprint density at radius 3 is 2.73 bits per heavy atom. The molecule has 6 nitrogen and oxygen atoms in total. The number of piperazine rings is 1. The number of H-pyrrole nitrogens is 1. The van der Waals surface area contributed by atoms with E-state index in [-0.39, 0.29) is 5.91 Å². The summed E-state index contributed by atoms with van der Waals surface area (Å²) in [7, 11) is 0. The number of anilines is 1. The van der Waals surface area contributed by atoms with E-state index < -0.39 is 0 Å². The predicted octanol–water partition coefficient (Wildman–Crippen LogP) is 2.92. The lowest BCUT2D eigenvalue weighted by Crippen LogP contribution is -2.49. The molecule has 0 unspecified atom stereocenters. The van der Waals surface area contributed by atoms with E-state index in [1.54, 1.807) is 6.20 Å². The zero-order chi connectivity index (χ0) is 17.9. The molecule has 0 bridgehead atoms. The monoisotopic (exact) mass is 350 g/mol. The molecular formula is C20H22N4O2. The number of hydrogen-bond acceptors (Lipinski definition) is 4. The fourth-order valence-electron chi connectivity index (χ4n) is 3.33. The van der Waals surface area contributed by atoms with E-state index in [2.05, 4.69) is 14.9 Å². The van der Waals surface area contributed by atoms with Crippen molar-refractivity contribution >= 4 is 22.6 Å². The minimum absolute atomic E-state index is 0.0415. The highest BCUT2D eigenvalue weighted by atomic mass is 16.5. The second-order valence-electron chi connectivity index (χ2n) is 6.33. The van der Waals surface area contributed by atoms with Gasteiger partial charge in [-0.05, 0) is 37.3 Å². The molecule has 1 saturated heterocycles. The third-order valence-corrected chi connectivity index (χ3v) is 4.68. The summed E-state index contributed by atoms with van der Waals surface area (Å²) in [4.78, 5) is 24.6. The van der Waals surface area contributed by atoms with E-state index in [9.17, 15) is 4.79 Å². The number of rotatable bonds is 4. The number of hydrogen-bond donors (Lipinski definition) is 1. The first-order valence-corrected chi connectivity index (χ1v) is 8.95. The van der Waals surface area contributed by atoms with Gasteiger partial charge in [-0.15, -0.1) is 0 Å². The van der Waals surface area contributed by atoms with Gasteiger partial charge in [-0.2, -0.15) is 0 Å². The van der Waals surface area contributed by atoms with Crippen molar-refractivity contribution in [2.45, 2.75) is 6.92 Å². The number of carbonyl (C=O) groups is 1. The molecule has 1 aliphatic rings. The number of nitrogens with one attached hydrogen (secondary N) is 1. The minimum Gasteiger partial charge on any atom is -0.494 e. The summed E-state index contributed by atoms with van der Waals surface area (Å²) < 4.78 is 5.53. The number of nitrogens with zero attached hydrogens (tertiary/aromatic N) is 3. The van der Waals surface area contributed by atoms with Gasteiger partial charge in [0.15, 0.2) is 0 Å². The highest BCUT2D eigenvalue weighted by Crippen LogP contribution is 2.23. The molecule has 0 atom stereocenters. The molecule has 0 aliphatic carbocycles. The summed E-state index contributed by atoms with van der Waals surface area (Å²) in [6, 6.07) is 13.7. The second-order valence-corrected chi connectivity index (χ2v) is 6.33. The molecule has 0 radical (unpaired) electrons. The van der Waals surface area contributed by atoms with Crippen molar-refractivity contribution < 1.29 is 9.53 Å². The summed E-state index contributed by atoms with van der Waals surface area (Å²) in [5.41, 5.74) is 1.55. The fraction of sp³-hybridized carbons (Fsp3) is 0.300. The van der Waals surface area contributed by atoms with Crippen molar-refractivity contribution in [2.75, 3.05) is 37.7 Å². The van der Waals surface area contributed by atoms with Gasteiger partial charge in [-0.3, -0.25) is 4.79 Å². The molecule has 4 rings (SSSR count). The number of benzene rings is 1. The Bertz CT molecular complexity index is 899. The van der Waals surface area contributed by atoms with Crippen LogP contribution in [0.15, 0.2) is 48.7 Å². The number of carbonyl (C=O) groups excluding carboxylic acids is 1. The van der Waals surface area contributed by atoms with Crippen LogP contribution in [-0.4, -0.2) is 53.6 Å². The molecule has 1 N–H and O–H groups in total. The molecule has 6 heteroatoms. The summed E-state index contributed by atoms with van der Waals surface area (Å²) >= 11 is 0. The van der Waals surface area contributed by atoms with Crippen LogP contribution in [0, 0.1) is 0 Å². The molecule has 0 spiro atoms. The minimum atomic E-state index is 0.0415. The highest BCUT2D eigenvalue weighted by molar-refractivity contribution is 5.98. The molecule has 3 aromatic rings. The van der Waals surface area contributed by atoms with Gasteiger partial charge in [-0.1, -0.05) is 6.07 Å². The summed E-state index contributed by atoms with van der Waals surface area (Å²) in [5, 5.41) is 1.02. The molecule has 2 aromatic heterocycles. The zero-order valence-corrected chi connectivity index (χ0v) is 14.8. The van der Waals surface area contributed by atoms with Crippen LogP contribution >= 0.6 is 0 Å². The molecule has 3 heterocycles. The second kappa shape index (κ2) is 7.07. The maximum Gasteiger partial charge on any atom is 0.270 e. The van der Waals surface area contributed by atoms with Crippen LogP contribution in [0.1, 0.15) is 17.4 Å². The van der Waals surface area contributed by atoms with Crippen LogP contribution in [0.2, 0.25) is 0 Å². The van der Waals surface area contributed by atoms with Crippen molar-refractivity contribution in [1.29, 1.82) is 0 Å². The topological polar surface area (TPSA) is 61.5 Å². The predicted molar refractivity (Wildman–Crippen MR) is 102 cm³/mol. The summed E-state index contributed by atoms with van der Waals surface area (Å²) in [6.07, 6.45) is 1.80. The van der Waals surface area contributed by atoms with E-state index in [1.807, 2.05) is 54.3 Å². The Kier molecular flexibility index (Phi) is 4.48. The number of amides is 1. The Morgan fingerprint density at radius 1 is 1.15 bits per heavy atom. The SMILES string of the molecule is CCOc1ccc2cc(C(=O)N3CCN(c4ccccn4)CC3)[nH]c2c1. The Morgan fingerprint density at radius 2 is 2.00 bits per heavy atom. The van der Waals surface area contributed by atoms with Crippen LogP contribution < -0.4 is 9.64 Å². The smallest absolute Gasteiger partial charge is 0.270 e. The quantitative estimate of drug-likeness (QED) is 0.786. The number of aromatic amines is 1. The standard InChI is InChI=1S/C20H22N4O2/c1-2-26-16-7-6-15-13-18(22-17(15)14-16)20(25)24-11-9-23(10-12-24)19-5-3-4-8-21-19/h3-8,13-14,22H,2,9-12H2,1H3. The average Bonchev–Trinajstić information content (AvgIpc) is 3.12. The number of ether oxygens (including phenoxy) is 1. The Labute approximate surface area is 152 Å². The van der Waals surface area contributed by atoms with Crippen molar-refractivity contribution in [1.82, 2.24) is 14.9 Å². The zero-order valence-electron chi connectivity index (χ0n) is 14.8. The average molecular weight is 350 g/mol. The van der Waals surface area contributed by atoms with E-state index in [0.29, 0.717) is 25.4 Å². The number of aromatic nitrogens is 2. The van der Waals surface area contributed by atoms with Crippen LogP contribution in [0.5, 0.6) is 5.75 Å². The van der Waals surface area contributed by atoms with Crippen LogP contribution in [-0.2, 0) is 0 Å². The maximum absolute atomic E-state index is 12.9. The van der Waals surface area contributed by atoms with E-state index >= 15 is 0 Å². The molecule has 1 aliphatic heterocycles. The molecule has 134 valence electrons. The van der Waals surface area contributed by atoms with Crippen molar-refractivity contribution in [2.24, 2.45) is 0 Å². The lowest BCUT2D eigenvalue weighted by Gasteiger charge is -2.35. The number of pyridine rings is 1. The molecule has 1 fully saturated rings. The van der Waals surface area contributed by atoms with E-state index in [4.69, 9.17) is 4.74 Å². The van der Waals surface area contributed by atoms with E-state index in [0.717, 1.165) is 35.6 Å². The fourth-order valence-corrected chi connectivity index (χ4v) is 3.33. The molecule has 1 aromatic carbocycles. The summed E-state index contributed by atoms with van der Waals surface area (Å²) in [5.74, 6) is 1.82. The summed E-state index contributed by atoms with van der Waals surface area (Å²) in [6.45, 7) is 5.54. The van der Waals surface area contributed by atoms with Crippen LogP contribution in [0.4, 0.5) is 5.82 Å². The van der Waals surface area contributed by atoms with Gasteiger partial charge >= 0.3 is 0 Å². The first kappa shape index (κ1) is 16.4. The Hall–Kier alpha value is -3.02. The van der Waals surface area contributed by atoms with Gasteiger partial charge in [0, 0.05) is 49.3 Å². The van der Waals surface area contributed by atoms with Crippen molar-refractivity contribution in [3.8, 4) is 5.75 Å². The largest absolute Gasteiger partial charge is 0.494 e. The lowest BCUT2D eigenvalue weighted by molar-refractivity contribution is 0.0741.